The number of hydrogen-bond donors (Lipinski definition) is 1. The number of amides is 1. The number of hydrogen-bond acceptors (Lipinski definition) is 3. The standard InChI is InChI=1S/C22H20ClN3O2/c23-17-8-6-16(7-9-17)22-19(26-14-2-1-5-20(26)25-22)10-11-21(27)24-13-12-18-4-3-15-28-18/h1-9,14-15H,10-13H2,(H,24,27). The number of halogens is 1. The smallest absolute Gasteiger partial charge is 0.220 e. The lowest BCUT2D eigenvalue weighted by atomic mass is 10.1. The van der Waals surface area contributed by atoms with Crippen molar-refractivity contribution < 1.29 is 9.21 Å². The van der Waals surface area contributed by atoms with Crippen LogP contribution in [0.3, 0.4) is 0 Å². The van der Waals surface area contributed by atoms with Gasteiger partial charge in [0.25, 0.3) is 0 Å². The number of aryl methyl sites for hydroxylation is 1. The molecule has 142 valence electrons. The van der Waals surface area contributed by atoms with E-state index in [1.54, 1.807) is 6.26 Å². The van der Waals surface area contributed by atoms with Crippen molar-refractivity contribution in [2.45, 2.75) is 19.3 Å². The number of carbonyl (C=O) groups is 1. The van der Waals surface area contributed by atoms with Crippen molar-refractivity contribution in [3.8, 4) is 11.3 Å². The summed E-state index contributed by atoms with van der Waals surface area (Å²) in [5.41, 5.74) is 3.74. The Kier molecular flexibility index (Phi) is 5.44. The molecular formula is C22H20ClN3O2. The third-order valence-corrected chi connectivity index (χ3v) is 4.86. The van der Waals surface area contributed by atoms with E-state index < -0.39 is 0 Å². The van der Waals surface area contributed by atoms with Crippen LogP contribution in [-0.2, 0) is 17.6 Å². The molecule has 4 rings (SSSR count). The number of furan rings is 1. The summed E-state index contributed by atoms with van der Waals surface area (Å²) in [6, 6.07) is 17.3. The van der Waals surface area contributed by atoms with Gasteiger partial charge in [0.1, 0.15) is 11.4 Å². The molecule has 0 spiro atoms. The largest absolute Gasteiger partial charge is 0.469 e. The molecule has 1 N–H and O–H groups in total. The van der Waals surface area contributed by atoms with Gasteiger partial charge < -0.3 is 14.1 Å². The molecule has 0 atom stereocenters. The van der Waals surface area contributed by atoms with Crippen LogP contribution in [0.2, 0.25) is 5.02 Å². The Morgan fingerprint density at radius 1 is 1.07 bits per heavy atom. The van der Waals surface area contributed by atoms with E-state index in [4.69, 9.17) is 21.0 Å². The van der Waals surface area contributed by atoms with Crippen LogP contribution < -0.4 is 5.32 Å². The van der Waals surface area contributed by atoms with Crippen LogP contribution in [-0.4, -0.2) is 21.8 Å². The highest BCUT2D eigenvalue weighted by Crippen LogP contribution is 2.26. The van der Waals surface area contributed by atoms with E-state index in [1.165, 1.54) is 0 Å². The summed E-state index contributed by atoms with van der Waals surface area (Å²) in [7, 11) is 0. The third kappa shape index (κ3) is 4.10. The summed E-state index contributed by atoms with van der Waals surface area (Å²) >= 11 is 6.02. The van der Waals surface area contributed by atoms with Gasteiger partial charge in [0, 0.05) is 36.2 Å². The molecule has 0 aliphatic heterocycles. The van der Waals surface area contributed by atoms with Gasteiger partial charge in [0.2, 0.25) is 5.91 Å². The number of imidazole rings is 1. The first-order chi connectivity index (χ1) is 13.7. The Labute approximate surface area is 168 Å². The van der Waals surface area contributed by atoms with Gasteiger partial charge in [-0.2, -0.15) is 0 Å². The molecule has 0 aliphatic rings. The number of pyridine rings is 1. The van der Waals surface area contributed by atoms with Gasteiger partial charge >= 0.3 is 0 Å². The minimum atomic E-state index is 0.0134. The fraction of sp³-hybridized carbons (Fsp3) is 0.182. The maximum atomic E-state index is 12.3. The van der Waals surface area contributed by atoms with Crippen LogP contribution >= 0.6 is 11.6 Å². The highest BCUT2D eigenvalue weighted by atomic mass is 35.5. The normalized spacial score (nSPS) is 11.0. The highest BCUT2D eigenvalue weighted by Gasteiger charge is 2.15. The second-order valence-corrected chi connectivity index (χ2v) is 6.96. The molecule has 0 saturated heterocycles. The zero-order chi connectivity index (χ0) is 19.3. The number of carbonyl (C=O) groups excluding carboxylic acids is 1. The quantitative estimate of drug-likeness (QED) is 0.501. The fourth-order valence-electron chi connectivity index (χ4n) is 3.22. The predicted molar refractivity (Wildman–Crippen MR) is 109 cm³/mol. The zero-order valence-electron chi connectivity index (χ0n) is 15.3. The highest BCUT2D eigenvalue weighted by molar-refractivity contribution is 6.30. The van der Waals surface area contributed by atoms with E-state index in [2.05, 4.69) is 5.32 Å². The minimum Gasteiger partial charge on any atom is -0.469 e. The molecule has 28 heavy (non-hydrogen) atoms. The van der Waals surface area contributed by atoms with Crippen molar-refractivity contribution in [2.24, 2.45) is 0 Å². The molecule has 0 saturated carbocycles. The third-order valence-electron chi connectivity index (χ3n) is 4.61. The van der Waals surface area contributed by atoms with Gasteiger partial charge in [-0.3, -0.25) is 4.79 Å². The van der Waals surface area contributed by atoms with Crippen LogP contribution in [0.25, 0.3) is 16.9 Å². The average molecular weight is 394 g/mol. The van der Waals surface area contributed by atoms with Crippen molar-refractivity contribution in [3.63, 3.8) is 0 Å². The molecule has 0 bridgehead atoms. The predicted octanol–water partition coefficient (Wildman–Crippen LogP) is 4.54. The molecule has 0 unspecified atom stereocenters. The van der Waals surface area contributed by atoms with Gasteiger partial charge in [-0.15, -0.1) is 0 Å². The lowest BCUT2D eigenvalue weighted by Crippen LogP contribution is -2.26. The number of nitrogens with zero attached hydrogens (tertiary/aromatic N) is 2. The molecule has 0 radical (unpaired) electrons. The number of benzene rings is 1. The van der Waals surface area contributed by atoms with Crippen molar-refractivity contribution in [2.75, 3.05) is 6.54 Å². The minimum absolute atomic E-state index is 0.0134. The number of fused-ring (bicyclic) bond motifs is 1. The Balaban J connectivity index is 1.48. The van der Waals surface area contributed by atoms with Crippen molar-refractivity contribution in [1.29, 1.82) is 0 Å². The first-order valence-electron chi connectivity index (χ1n) is 9.22. The Morgan fingerprint density at radius 3 is 2.71 bits per heavy atom. The lowest BCUT2D eigenvalue weighted by molar-refractivity contribution is -0.121. The summed E-state index contributed by atoms with van der Waals surface area (Å²) in [4.78, 5) is 17.1. The zero-order valence-corrected chi connectivity index (χ0v) is 16.0. The summed E-state index contributed by atoms with van der Waals surface area (Å²) in [6.45, 7) is 0.559. The molecule has 3 aromatic heterocycles. The van der Waals surface area contributed by atoms with Crippen LogP contribution in [0.1, 0.15) is 17.9 Å². The van der Waals surface area contributed by atoms with E-state index in [-0.39, 0.29) is 5.91 Å². The van der Waals surface area contributed by atoms with E-state index in [0.717, 1.165) is 28.4 Å². The molecule has 1 amide bonds. The van der Waals surface area contributed by atoms with E-state index in [0.29, 0.717) is 30.8 Å². The fourth-order valence-corrected chi connectivity index (χ4v) is 3.35. The van der Waals surface area contributed by atoms with Gasteiger partial charge in [-0.1, -0.05) is 29.8 Å². The SMILES string of the molecule is O=C(CCc1c(-c2ccc(Cl)cc2)nc2ccccn12)NCCc1ccco1. The topological polar surface area (TPSA) is 59.5 Å². The maximum absolute atomic E-state index is 12.3. The maximum Gasteiger partial charge on any atom is 0.220 e. The van der Waals surface area contributed by atoms with Gasteiger partial charge in [-0.05, 0) is 42.8 Å². The Hall–Kier alpha value is -3.05. The molecule has 0 aliphatic carbocycles. The van der Waals surface area contributed by atoms with Gasteiger partial charge in [-0.25, -0.2) is 4.98 Å². The molecule has 4 aromatic rings. The second-order valence-electron chi connectivity index (χ2n) is 6.52. The Bertz CT molecular complexity index is 1070. The summed E-state index contributed by atoms with van der Waals surface area (Å²) in [5, 5.41) is 3.64. The number of nitrogens with one attached hydrogen (secondary N) is 1. The number of aromatic nitrogens is 2. The lowest BCUT2D eigenvalue weighted by Gasteiger charge is -2.07. The molecule has 6 heteroatoms. The molecular weight excluding hydrogens is 374 g/mol. The first-order valence-corrected chi connectivity index (χ1v) is 9.59. The van der Waals surface area contributed by atoms with Gasteiger partial charge in [0.05, 0.1) is 17.7 Å². The van der Waals surface area contributed by atoms with Crippen LogP contribution in [0.15, 0.2) is 71.5 Å². The van der Waals surface area contributed by atoms with Crippen LogP contribution in [0.4, 0.5) is 0 Å². The summed E-state index contributed by atoms with van der Waals surface area (Å²) in [6.07, 6.45) is 5.29. The summed E-state index contributed by atoms with van der Waals surface area (Å²) in [5.74, 6) is 0.881. The Morgan fingerprint density at radius 2 is 1.93 bits per heavy atom. The van der Waals surface area contributed by atoms with Crippen LogP contribution in [0.5, 0.6) is 0 Å². The second kappa shape index (κ2) is 8.31. The first kappa shape index (κ1) is 18.3. The number of rotatable bonds is 7. The molecule has 5 nitrogen and oxygen atoms in total. The van der Waals surface area contributed by atoms with E-state index >= 15 is 0 Å². The molecule has 1 aromatic carbocycles. The molecule has 0 fully saturated rings. The van der Waals surface area contributed by atoms with Crippen molar-refractivity contribution in [3.05, 3.63) is 83.5 Å². The van der Waals surface area contributed by atoms with Crippen molar-refractivity contribution in [1.82, 2.24) is 14.7 Å². The monoisotopic (exact) mass is 393 g/mol. The average Bonchev–Trinajstić information content (AvgIpc) is 3.35. The van der Waals surface area contributed by atoms with Gasteiger partial charge in [0.15, 0.2) is 0 Å². The van der Waals surface area contributed by atoms with E-state index in [9.17, 15) is 4.79 Å². The summed E-state index contributed by atoms with van der Waals surface area (Å²) < 4.78 is 7.32. The van der Waals surface area contributed by atoms with Crippen molar-refractivity contribution >= 4 is 23.2 Å². The molecule has 3 heterocycles. The van der Waals surface area contributed by atoms with E-state index in [1.807, 2.05) is 65.2 Å². The van der Waals surface area contributed by atoms with Crippen LogP contribution in [0, 0.1) is 0 Å².